The summed E-state index contributed by atoms with van der Waals surface area (Å²) in [4.78, 5) is 14.2. The third kappa shape index (κ3) is 6.04. The summed E-state index contributed by atoms with van der Waals surface area (Å²) >= 11 is 0. The van der Waals surface area contributed by atoms with Gasteiger partial charge in [0.25, 0.3) is 0 Å². The molecule has 2 N–H and O–H groups in total. The summed E-state index contributed by atoms with van der Waals surface area (Å²) in [7, 11) is 0. The molecule has 4 aliphatic rings. The van der Waals surface area contributed by atoms with Crippen LogP contribution in [0, 0.1) is 24.0 Å². The largest absolute Gasteiger partial charge is 0.508 e. The van der Waals surface area contributed by atoms with Crippen LogP contribution in [0.15, 0.2) is 36.4 Å². The van der Waals surface area contributed by atoms with Gasteiger partial charge in [0.05, 0.1) is 23.8 Å². The van der Waals surface area contributed by atoms with E-state index in [2.05, 4.69) is 26.0 Å². The smallest absolute Gasteiger partial charge is 0.319 e. The first-order valence-corrected chi connectivity index (χ1v) is 17.3. The zero-order valence-electron chi connectivity index (χ0n) is 27.7. The van der Waals surface area contributed by atoms with E-state index in [1.165, 1.54) is 24.3 Å². The van der Waals surface area contributed by atoms with E-state index in [-0.39, 0.29) is 45.5 Å². The number of piperazine rings is 1. The van der Waals surface area contributed by atoms with Gasteiger partial charge in [0.1, 0.15) is 29.5 Å². The number of hydrogen-bond donors (Lipinski definition) is 2. The third-order valence-electron chi connectivity index (χ3n) is 10.1. The molecule has 1 unspecified atom stereocenters. The first-order chi connectivity index (χ1) is 23.4. The van der Waals surface area contributed by atoms with Gasteiger partial charge in [-0.2, -0.15) is 9.97 Å². The highest BCUT2D eigenvalue weighted by atomic mass is 19.1. The number of nitrogens with one attached hydrogen (secondary N) is 1. The summed E-state index contributed by atoms with van der Waals surface area (Å²) in [5.74, 6) is 1.74. The molecule has 4 fully saturated rings. The molecule has 0 amide bonds. The fraction of sp³-hybridized carbons (Fsp3) is 0.474. The molecule has 0 radical (unpaired) electrons. The van der Waals surface area contributed by atoms with Crippen LogP contribution < -0.4 is 15.0 Å². The Balaban J connectivity index is 0.00000179. The molecule has 3 aliphatic heterocycles. The molecule has 1 atom stereocenters. The van der Waals surface area contributed by atoms with Crippen molar-refractivity contribution in [3.63, 3.8) is 0 Å². The molecule has 4 heterocycles. The topological polar surface area (TPSA) is 83.0 Å². The summed E-state index contributed by atoms with van der Waals surface area (Å²) in [6.07, 6.45) is 12.7. The molecule has 10 heteroatoms. The van der Waals surface area contributed by atoms with Crippen molar-refractivity contribution < 1.29 is 23.4 Å². The lowest BCUT2D eigenvalue weighted by Crippen LogP contribution is -2.53. The minimum Gasteiger partial charge on any atom is -0.508 e. The van der Waals surface area contributed by atoms with Crippen molar-refractivity contribution >= 4 is 27.5 Å². The van der Waals surface area contributed by atoms with Crippen LogP contribution in [0.25, 0.3) is 32.8 Å². The van der Waals surface area contributed by atoms with Crippen LogP contribution in [0.3, 0.4) is 0 Å². The van der Waals surface area contributed by atoms with Crippen molar-refractivity contribution in [3.05, 3.63) is 53.6 Å². The van der Waals surface area contributed by atoms with Crippen molar-refractivity contribution in [3.8, 4) is 35.2 Å². The molecule has 1 aromatic heterocycles. The number of phenolic OH excluding ortho intramolecular Hbond substituents is 1. The van der Waals surface area contributed by atoms with Gasteiger partial charge in [0, 0.05) is 42.0 Å². The summed E-state index contributed by atoms with van der Waals surface area (Å²) < 4.78 is 44.1. The zero-order chi connectivity index (χ0) is 33.4. The highest BCUT2D eigenvalue weighted by Crippen LogP contribution is 2.41. The lowest BCUT2D eigenvalue weighted by atomic mass is 9.93. The number of benzene rings is 3. The van der Waals surface area contributed by atoms with Gasteiger partial charge < -0.3 is 24.8 Å². The molecule has 8 rings (SSSR count). The van der Waals surface area contributed by atoms with E-state index in [0.29, 0.717) is 54.4 Å². The number of terminal acetylenes is 1. The second kappa shape index (κ2) is 13.5. The van der Waals surface area contributed by atoms with Crippen LogP contribution in [-0.4, -0.2) is 83.6 Å². The molecule has 0 spiro atoms. The maximum absolute atomic E-state index is 16.9. The van der Waals surface area contributed by atoms with E-state index >= 15 is 4.39 Å². The maximum Gasteiger partial charge on any atom is 0.319 e. The molecule has 0 bridgehead atoms. The minimum atomic E-state index is -0.615. The third-order valence-corrected chi connectivity index (χ3v) is 10.1. The Morgan fingerprint density at radius 1 is 1.04 bits per heavy atom. The van der Waals surface area contributed by atoms with Crippen LogP contribution in [0.4, 0.5) is 14.6 Å². The Hall–Kier alpha value is -4.04. The van der Waals surface area contributed by atoms with E-state index in [4.69, 9.17) is 20.9 Å². The average Bonchev–Trinajstić information content (AvgIpc) is 3.73. The van der Waals surface area contributed by atoms with Crippen LogP contribution in [0.2, 0.25) is 0 Å². The van der Waals surface area contributed by atoms with E-state index < -0.39 is 11.6 Å². The highest BCUT2D eigenvalue weighted by Gasteiger charge is 2.45. The lowest BCUT2D eigenvalue weighted by Gasteiger charge is -2.35. The summed E-state index contributed by atoms with van der Waals surface area (Å²) in [5, 5.41) is 15.5. The second-order valence-electron chi connectivity index (χ2n) is 13.1. The van der Waals surface area contributed by atoms with Gasteiger partial charge in [-0.1, -0.05) is 31.9 Å². The van der Waals surface area contributed by atoms with E-state index in [9.17, 15) is 9.50 Å². The van der Waals surface area contributed by atoms with Crippen molar-refractivity contribution in [2.75, 3.05) is 50.8 Å². The van der Waals surface area contributed by atoms with Gasteiger partial charge in [-0.05, 0) is 86.8 Å². The van der Waals surface area contributed by atoms with E-state index in [1.807, 2.05) is 13.8 Å². The number of aromatic nitrogens is 2. The Morgan fingerprint density at radius 2 is 1.83 bits per heavy atom. The summed E-state index contributed by atoms with van der Waals surface area (Å²) in [5.41, 5.74) is 0.518. The van der Waals surface area contributed by atoms with Crippen LogP contribution in [0.1, 0.15) is 57.9 Å². The SMILES string of the molecule is C#Cc1c(F)ccc2cc(O)cc(-c3ccc4c(N5CCNC(COC6CC6)C5)nc(OCC56CCCN5CCC6)nc4c3F)c12.CC. The van der Waals surface area contributed by atoms with Gasteiger partial charge in [-0.25, -0.2) is 8.78 Å². The first kappa shape index (κ1) is 32.5. The fourth-order valence-corrected chi connectivity index (χ4v) is 7.69. The molecule has 8 nitrogen and oxygen atoms in total. The molecular weight excluding hydrogens is 612 g/mol. The number of hydrogen-bond acceptors (Lipinski definition) is 8. The number of halogens is 2. The average molecular weight is 656 g/mol. The maximum atomic E-state index is 16.9. The van der Waals surface area contributed by atoms with Crippen LogP contribution in [0.5, 0.6) is 11.8 Å². The molecule has 3 saturated heterocycles. The molecule has 1 saturated carbocycles. The van der Waals surface area contributed by atoms with E-state index in [1.54, 1.807) is 12.1 Å². The first-order valence-electron chi connectivity index (χ1n) is 17.3. The van der Waals surface area contributed by atoms with Crippen LogP contribution in [-0.2, 0) is 4.74 Å². The molecule has 3 aromatic carbocycles. The second-order valence-corrected chi connectivity index (χ2v) is 13.1. The van der Waals surface area contributed by atoms with Gasteiger partial charge in [-0.3, -0.25) is 4.90 Å². The van der Waals surface area contributed by atoms with Gasteiger partial charge in [-0.15, -0.1) is 6.42 Å². The number of phenols is 1. The molecule has 1 aliphatic carbocycles. The Bertz CT molecular complexity index is 1860. The number of anilines is 1. The van der Waals surface area contributed by atoms with Gasteiger partial charge in [0.15, 0.2) is 5.82 Å². The number of nitrogens with zero attached hydrogens (tertiary/aromatic N) is 4. The predicted octanol–water partition coefficient (Wildman–Crippen LogP) is 6.41. The normalized spacial score (nSPS) is 20.4. The summed E-state index contributed by atoms with van der Waals surface area (Å²) in [6, 6.07) is 9.36. The van der Waals surface area contributed by atoms with Crippen LogP contribution >= 0.6 is 0 Å². The predicted molar refractivity (Wildman–Crippen MR) is 185 cm³/mol. The van der Waals surface area contributed by atoms with Crippen molar-refractivity contribution in [1.29, 1.82) is 0 Å². The van der Waals surface area contributed by atoms with Crippen molar-refractivity contribution in [2.24, 2.45) is 0 Å². The lowest BCUT2D eigenvalue weighted by molar-refractivity contribution is 0.0961. The Labute approximate surface area is 280 Å². The Kier molecular flexibility index (Phi) is 9.12. The van der Waals surface area contributed by atoms with Gasteiger partial charge in [0.2, 0.25) is 0 Å². The molecule has 252 valence electrons. The highest BCUT2D eigenvalue weighted by molar-refractivity contribution is 6.04. The standard InChI is InChI=1S/C36H37F2N5O3.C2H6/c1-2-26-30(37)10-5-22-17-24(44)18-29(31(22)26)27-8-9-28-33(32(27)38)40-35(46-21-36-11-3-14-43(36)15-4-12-36)41-34(28)42-16-13-39-23(19-42)20-45-25-6-7-25;1-2/h1,5,8-10,17-18,23,25,39,44H,3-4,6-7,11-16,19-21H2;1-2H3. The number of fused-ring (bicyclic) bond motifs is 3. The zero-order valence-corrected chi connectivity index (χ0v) is 27.7. The van der Waals surface area contributed by atoms with Crippen molar-refractivity contribution in [1.82, 2.24) is 20.2 Å². The van der Waals surface area contributed by atoms with E-state index in [0.717, 1.165) is 58.2 Å². The molecule has 4 aromatic rings. The van der Waals surface area contributed by atoms with Gasteiger partial charge >= 0.3 is 6.01 Å². The number of aromatic hydroxyl groups is 1. The minimum absolute atomic E-state index is 0.0107. The fourth-order valence-electron chi connectivity index (χ4n) is 7.69. The monoisotopic (exact) mass is 655 g/mol. The quantitative estimate of drug-likeness (QED) is 0.211. The summed E-state index contributed by atoms with van der Waals surface area (Å²) in [6.45, 7) is 9.22. The molecular formula is C38H43F2N5O3. The van der Waals surface area contributed by atoms with Crippen molar-refractivity contribution in [2.45, 2.75) is 70.1 Å². The molecule has 48 heavy (non-hydrogen) atoms. The number of ether oxygens (including phenoxy) is 2. The Morgan fingerprint density at radius 3 is 2.58 bits per heavy atom. The number of rotatable bonds is 8.